The number of nitrogens with zero attached hydrogens (tertiary/aromatic N) is 8. The zero-order valence-corrected chi connectivity index (χ0v) is 41.7. The third-order valence-corrected chi connectivity index (χ3v) is 12.2. The topological polar surface area (TPSA) is 240 Å². The van der Waals surface area contributed by atoms with Crippen LogP contribution in [0.2, 0.25) is 0 Å². The fraction of sp³-hybridized carbons (Fsp3) is 0.211. The highest BCUT2D eigenvalue weighted by atomic mass is 79.9. The number of carbonyl (C=O) groups excluding carboxylic acids is 1. The first-order valence-corrected chi connectivity index (χ1v) is 21.8. The van der Waals surface area contributed by atoms with Gasteiger partial charge in [-0.3, -0.25) is 25.0 Å². The van der Waals surface area contributed by atoms with Gasteiger partial charge in [-0.2, -0.15) is 67.3 Å². The number of anilines is 2. The van der Waals surface area contributed by atoms with Crippen molar-refractivity contribution in [1.82, 2.24) is 29.5 Å². The molecule has 1 amide bonds. The van der Waals surface area contributed by atoms with E-state index in [1.807, 2.05) is 0 Å². The molecule has 0 aliphatic rings. The number of aromatic nitrogens is 6. The van der Waals surface area contributed by atoms with Crippen molar-refractivity contribution in [3.63, 3.8) is 0 Å². The molecular formula is C38H21Br4F15N10O7. The molecule has 4 aromatic carbocycles. The van der Waals surface area contributed by atoms with Gasteiger partial charge in [-0.05, 0) is 125 Å². The summed E-state index contributed by atoms with van der Waals surface area (Å²) in [4.78, 5) is 51.5. The molecular weight excluding hydrogens is 1310 g/mol. The standard InChI is InChI=1S/C19H8Br2F9N5O3.C10H7Br2F6N.C9H6N4O4/c20-10-4-9(16(22,18(25,26)27)17(23,24)19(28,29)30)5-11(21)14(10)33-15(36)8-1-2-12(13(3-8)35(37)38)34-7-31-6-32-34;1-8(13,9(14,15)10(16,17)18)4-2-5(11)7(19)6(12)3-4;14-9(15)6-1-2-7(8(3-6)13(16)17)12-5-10-4-11-12/h1-7H,(H,33,36);2-3H,19H2,1H3;1-5H,(H,14,15). The number of nitrogens with two attached hydrogens (primary N) is 1. The zero-order chi connectivity index (χ0) is 56.5. The van der Waals surface area contributed by atoms with E-state index in [9.17, 15) is 95.7 Å². The maximum Gasteiger partial charge on any atom is 0.457 e. The Bertz CT molecular complexity index is 3050. The molecule has 17 nitrogen and oxygen atoms in total. The van der Waals surface area contributed by atoms with Crippen LogP contribution < -0.4 is 11.1 Å². The number of carbonyl (C=O) groups is 2. The van der Waals surface area contributed by atoms with Crippen LogP contribution in [0.5, 0.6) is 0 Å². The summed E-state index contributed by atoms with van der Waals surface area (Å²) in [5, 5.41) is 40.6. The van der Waals surface area contributed by atoms with Crippen molar-refractivity contribution in [2.45, 2.75) is 48.6 Å². The maximum atomic E-state index is 14.8. The minimum atomic E-state index is -6.92. The van der Waals surface area contributed by atoms with Crippen molar-refractivity contribution >= 4 is 98.3 Å². The Morgan fingerprint density at radius 2 is 1.00 bits per heavy atom. The summed E-state index contributed by atoms with van der Waals surface area (Å²) in [6, 6.07) is 8.15. The van der Waals surface area contributed by atoms with E-state index in [1.54, 1.807) is 0 Å². The molecule has 398 valence electrons. The number of hydrogen-bond donors (Lipinski definition) is 3. The van der Waals surface area contributed by atoms with E-state index < -0.39 is 94.9 Å². The lowest BCUT2D eigenvalue weighted by molar-refractivity contribution is -0.389. The summed E-state index contributed by atoms with van der Waals surface area (Å²) in [5.41, 5.74) is -9.49. The number of rotatable bonds is 11. The van der Waals surface area contributed by atoms with Gasteiger partial charge in [0.1, 0.15) is 36.7 Å². The molecule has 0 radical (unpaired) electrons. The predicted molar refractivity (Wildman–Crippen MR) is 238 cm³/mol. The quantitative estimate of drug-likeness (QED) is 0.0475. The molecule has 0 bridgehead atoms. The fourth-order valence-corrected chi connectivity index (χ4v) is 8.34. The van der Waals surface area contributed by atoms with E-state index in [0.29, 0.717) is 0 Å². The van der Waals surface area contributed by atoms with E-state index >= 15 is 0 Å². The van der Waals surface area contributed by atoms with Crippen molar-refractivity contribution in [2.75, 3.05) is 11.1 Å². The molecule has 6 aromatic rings. The first-order chi connectivity index (χ1) is 33.7. The Hall–Kier alpha value is -6.43. The van der Waals surface area contributed by atoms with Gasteiger partial charge >= 0.3 is 42.0 Å². The highest BCUT2D eigenvalue weighted by molar-refractivity contribution is 9.11. The molecule has 4 N–H and O–H groups in total. The van der Waals surface area contributed by atoms with Gasteiger partial charge in [-0.1, -0.05) is 0 Å². The molecule has 0 spiro atoms. The third kappa shape index (κ3) is 12.1. The number of nitro benzene ring substituents is 2. The lowest BCUT2D eigenvalue weighted by atomic mass is 9.87. The van der Waals surface area contributed by atoms with Crippen LogP contribution in [0.4, 0.5) is 88.6 Å². The number of amides is 1. The number of carboxylic acid groups (broad SMARTS) is 1. The number of hydrogen-bond acceptors (Lipinski definition) is 11. The van der Waals surface area contributed by atoms with Gasteiger partial charge in [-0.25, -0.2) is 32.9 Å². The summed E-state index contributed by atoms with van der Waals surface area (Å²) in [7, 11) is 0. The van der Waals surface area contributed by atoms with Gasteiger partial charge in [-0.15, -0.1) is 0 Å². The Balaban J connectivity index is 0.000000273. The van der Waals surface area contributed by atoms with Crippen LogP contribution in [0.1, 0.15) is 38.8 Å². The molecule has 0 saturated heterocycles. The first kappa shape index (κ1) is 60.1. The summed E-state index contributed by atoms with van der Waals surface area (Å²) < 4.78 is 199. The van der Waals surface area contributed by atoms with Crippen molar-refractivity contribution in [2.24, 2.45) is 0 Å². The van der Waals surface area contributed by atoms with E-state index in [1.165, 1.54) is 29.5 Å². The van der Waals surface area contributed by atoms with Crippen molar-refractivity contribution < 1.29 is 90.4 Å². The summed E-state index contributed by atoms with van der Waals surface area (Å²) in [5.74, 6) is -14.8. The average Bonchev–Trinajstić information content (AvgIpc) is 4.04. The molecule has 6 rings (SSSR count). The van der Waals surface area contributed by atoms with Gasteiger partial charge in [0, 0.05) is 41.2 Å². The smallest absolute Gasteiger partial charge is 0.457 e. The SMILES string of the molecule is CC(F)(c1cc(Br)c(N)c(Br)c1)C(F)(F)C(F)(F)F.O=C(Nc1c(Br)cc(C(F)(C(F)(F)F)C(F)(F)C(F)(F)F)cc1Br)c1ccc(-n2cncn2)c([N+](=O)[O-])c1.O=C(O)c1ccc(-n2cncn2)c([N+](=O)[O-])c1. The van der Waals surface area contributed by atoms with Crippen LogP contribution in [0.15, 0.2) is 104 Å². The van der Waals surface area contributed by atoms with Gasteiger partial charge in [0.05, 0.1) is 26.8 Å². The van der Waals surface area contributed by atoms with Crippen LogP contribution in [0.25, 0.3) is 11.4 Å². The van der Waals surface area contributed by atoms with Gasteiger partial charge in [0.2, 0.25) is 5.67 Å². The number of nitrogens with one attached hydrogen (secondary N) is 1. The van der Waals surface area contributed by atoms with E-state index in [4.69, 9.17) is 10.8 Å². The number of alkyl halides is 15. The van der Waals surface area contributed by atoms with Crippen LogP contribution in [-0.2, 0) is 11.3 Å². The average molecular weight is 1330 g/mol. The van der Waals surface area contributed by atoms with Crippen LogP contribution in [0.3, 0.4) is 0 Å². The maximum absolute atomic E-state index is 14.8. The van der Waals surface area contributed by atoms with E-state index in [0.717, 1.165) is 53.7 Å². The summed E-state index contributed by atoms with van der Waals surface area (Å²) in [6.45, 7) is 0.172. The number of benzene rings is 4. The Morgan fingerprint density at radius 3 is 1.35 bits per heavy atom. The predicted octanol–water partition coefficient (Wildman–Crippen LogP) is 12.9. The lowest BCUT2D eigenvalue weighted by Gasteiger charge is -2.36. The van der Waals surface area contributed by atoms with Crippen LogP contribution >= 0.6 is 63.7 Å². The highest BCUT2D eigenvalue weighted by Gasteiger charge is 2.82. The van der Waals surface area contributed by atoms with Gasteiger partial charge < -0.3 is 16.2 Å². The minimum absolute atomic E-state index is 0.0101. The molecule has 2 aromatic heterocycles. The molecule has 0 aliphatic carbocycles. The Kier molecular flexibility index (Phi) is 17.7. The number of carboxylic acids is 1. The molecule has 2 atom stereocenters. The van der Waals surface area contributed by atoms with Crippen molar-refractivity contribution in [3.05, 3.63) is 146 Å². The molecule has 0 fully saturated rings. The summed E-state index contributed by atoms with van der Waals surface area (Å²) >= 11 is 11.0. The van der Waals surface area contributed by atoms with Gasteiger partial charge in [0.25, 0.3) is 17.3 Å². The largest absolute Gasteiger partial charge is 0.478 e. The first-order valence-electron chi connectivity index (χ1n) is 18.6. The molecule has 2 heterocycles. The van der Waals surface area contributed by atoms with Crippen LogP contribution in [0, 0.1) is 20.2 Å². The van der Waals surface area contributed by atoms with Crippen LogP contribution in [-0.4, -0.2) is 86.7 Å². The molecule has 2 unspecified atom stereocenters. The molecule has 0 saturated carbocycles. The second kappa shape index (κ2) is 21.8. The van der Waals surface area contributed by atoms with E-state index in [2.05, 4.69) is 89.2 Å². The number of nitrogen functional groups attached to an aromatic ring is 1. The molecule has 0 aliphatic heterocycles. The normalized spacial score (nSPS) is 13.8. The number of aromatic carboxylic acids is 1. The second-order valence-corrected chi connectivity index (χ2v) is 17.7. The zero-order valence-electron chi connectivity index (χ0n) is 35.3. The number of nitro groups is 2. The lowest BCUT2D eigenvalue weighted by Crippen LogP contribution is -2.59. The fourth-order valence-electron chi connectivity index (χ4n) is 5.76. The molecule has 36 heteroatoms. The Morgan fingerprint density at radius 1 is 0.608 bits per heavy atom. The van der Waals surface area contributed by atoms with Gasteiger partial charge in [0.15, 0.2) is 0 Å². The monoisotopic (exact) mass is 1330 g/mol. The minimum Gasteiger partial charge on any atom is -0.478 e. The third-order valence-electron chi connectivity index (χ3n) is 9.61. The summed E-state index contributed by atoms with van der Waals surface area (Å²) in [6.07, 6.45) is -14.9. The second-order valence-electron chi connectivity index (χ2n) is 14.3. The molecule has 74 heavy (non-hydrogen) atoms. The van der Waals surface area contributed by atoms with Crippen molar-refractivity contribution in [1.29, 1.82) is 0 Å². The van der Waals surface area contributed by atoms with E-state index in [-0.39, 0.29) is 61.9 Å². The number of halogens is 19. The highest BCUT2D eigenvalue weighted by Crippen LogP contribution is 2.59. The Labute approximate surface area is 433 Å². The van der Waals surface area contributed by atoms with Crippen molar-refractivity contribution in [3.8, 4) is 11.4 Å².